The second-order valence-corrected chi connectivity index (χ2v) is 5.63. The molecule has 0 bridgehead atoms. The Balaban J connectivity index is 2.06. The standard InChI is InChI=1S/C17H19BrO2/c1-2-3-4-13-5-8-15(9-6-13)20-17-10-7-14(12-19)11-16(17)18/h5-11,19H,2-4,12H2,1H3. The molecule has 0 aromatic heterocycles. The second-order valence-electron chi connectivity index (χ2n) is 4.77. The number of halogens is 1. The molecule has 0 aliphatic rings. The first kappa shape index (κ1) is 15.1. The molecular formula is C17H19BrO2. The molecule has 1 N–H and O–H groups in total. The van der Waals surface area contributed by atoms with E-state index in [-0.39, 0.29) is 6.61 Å². The van der Waals surface area contributed by atoms with Gasteiger partial charge in [-0.15, -0.1) is 0 Å². The molecule has 2 rings (SSSR count). The predicted octanol–water partition coefficient (Wildman–Crippen LogP) is 5.08. The number of ether oxygens (including phenoxy) is 1. The molecule has 0 amide bonds. The van der Waals surface area contributed by atoms with E-state index in [2.05, 4.69) is 35.0 Å². The van der Waals surface area contributed by atoms with E-state index in [1.54, 1.807) is 0 Å². The van der Waals surface area contributed by atoms with Gasteiger partial charge in [-0.3, -0.25) is 0 Å². The Morgan fingerprint density at radius 3 is 2.35 bits per heavy atom. The van der Waals surface area contributed by atoms with Gasteiger partial charge in [0.15, 0.2) is 0 Å². The molecule has 0 spiro atoms. The van der Waals surface area contributed by atoms with Crippen LogP contribution in [-0.2, 0) is 13.0 Å². The normalized spacial score (nSPS) is 10.6. The van der Waals surface area contributed by atoms with Gasteiger partial charge in [0.05, 0.1) is 11.1 Å². The maximum absolute atomic E-state index is 9.08. The summed E-state index contributed by atoms with van der Waals surface area (Å²) in [5, 5.41) is 9.08. The molecule has 0 fully saturated rings. The molecule has 0 unspecified atom stereocenters. The van der Waals surface area contributed by atoms with Gasteiger partial charge in [-0.05, 0) is 64.2 Å². The van der Waals surface area contributed by atoms with Crippen molar-refractivity contribution in [3.05, 3.63) is 58.1 Å². The molecule has 0 heterocycles. The van der Waals surface area contributed by atoms with Crippen LogP contribution in [0.4, 0.5) is 0 Å². The van der Waals surface area contributed by atoms with Crippen LogP contribution in [0.2, 0.25) is 0 Å². The highest BCUT2D eigenvalue weighted by Gasteiger charge is 2.04. The molecular weight excluding hydrogens is 316 g/mol. The van der Waals surface area contributed by atoms with E-state index in [9.17, 15) is 0 Å². The number of hydrogen-bond acceptors (Lipinski definition) is 2. The Morgan fingerprint density at radius 2 is 1.75 bits per heavy atom. The number of aliphatic hydroxyl groups excluding tert-OH is 1. The van der Waals surface area contributed by atoms with E-state index in [1.807, 2.05) is 30.3 Å². The Hall–Kier alpha value is -1.32. The van der Waals surface area contributed by atoms with E-state index in [0.717, 1.165) is 28.0 Å². The molecule has 3 heteroatoms. The van der Waals surface area contributed by atoms with E-state index in [1.165, 1.54) is 18.4 Å². The lowest BCUT2D eigenvalue weighted by molar-refractivity contribution is 0.281. The minimum absolute atomic E-state index is 0.0327. The predicted molar refractivity (Wildman–Crippen MR) is 85.2 cm³/mol. The Bertz CT molecular complexity index is 549. The zero-order valence-corrected chi connectivity index (χ0v) is 13.2. The summed E-state index contributed by atoms with van der Waals surface area (Å²) in [7, 11) is 0. The first-order chi connectivity index (χ1) is 9.72. The third-order valence-electron chi connectivity index (χ3n) is 3.15. The van der Waals surface area contributed by atoms with Crippen LogP contribution in [0.15, 0.2) is 46.9 Å². The summed E-state index contributed by atoms with van der Waals surface area (Å²) in [6.45, 7) is 2.23. The van der Waals surface area contributed by atoms with Gasteiger partial charge in [-0.2, -0.15) is 0 Å². The van der Waals surface area contributed by atoms with Gasteiger partial charge in [-0.1, -0.05) is 31.5 Å². The van der Waals surface area contributed by atoms with Crippen molar-refractivity contribution in [2.24, 2.45) is 0 Å². The Labute approximate surface area is 128 Å². The van der Waals surface area contributed by atoms with Crippen LogP contribution < -0.4 is 4.74 Å². The average Bonchev–Trinajstić information content (AvgIpc) is 2.48. The molecule has 0 aliphatic heterocycles. The van der Waals surface area contributed by atoms with E-state index >= 15 is 0 Å². The average molecular weight is 335 g/mol. The lowest BCUT2D eigenvalue weighted by Crippen LogP contribution is -1.89. The van der Waals surface area contributed by atoms with Crippen LogP contribution in [-0.4, -0.2) is 5.11 Å². The molecule has 20 heavy (non-hydrogen) atoms. The summed E-state index contributed by atoms with van der Waals surface area (Å²) in [6.07, 6.45) is 3.54. The number of aliphatic hydroxyl groups is 1. The summed E-state index contributed by atoms with van der Waals surface area (Å²) in [5.74, 6) is 1.58. The summed E-state index contributed by atoms with van der Waals surface area (Å²) in [6, 6.07) is 13.8. The molecule has 0 aliphatic carbocycles. The minimum atomic E-state index is 0.0327. The molecule has 0 saturated carbocycles. The highest BCUT2D eigenvalue weighted by atomic mass is 79.9. The lowest BCUT2D eigenvalue weighted by Gasteiger charge is -2.09. The van der Waals surface area contributed by atoms with Gasteiger partial charge in [0.1, 0.15) is 11.5 Å². The van der Waals surface area contributed by atoms with Crippen LogP contribution in [0.3, 0.4) is 0 Å². The number of aryl methyl sites for hydroxylation is 1. The van der Waals surface area contributed by atoms with Crippen LogP contribution in [0.5, 0.6) is 11.5 Å². The Morgan fingerprint density at radius 1 is 1.05 bits per heavy atom. The zero-order valence-electron chi connectivity index (χ0n) is 11.6. The molecule has 0 radical (unpaired) electrons. The van der Waals surface area contributed by atoms with Crippen LogP contribution in [0.25, 0.3) is 0 Å². The second kappa shape index (κ2) is 7.46. The first-order valence-corrected chi connectivity index (χ1v) is 7.68. The quantitative estimate of drug-likeness (QED) is 0.798. The van der Waals surface area contributed by atoms with E-state index in [0.29, 0.717) is 0 Å². The third-order valence-corrected chi connectivity index (χ3v) is 3.77. The molecule has 0 atom stereocenters. The van der Waals surface area contributed by atoms with Crippen molar-refractivity contribution < 1.29 is 9.84 Å². The van der Waals surface area contributed by atoms with Gasteiger partial charge >= 0.3 is 0 Å². The van der Waals surface area contributed by atoms with Crippen molar-refractivity contribution >= 4 is 15.9 Å². The monoisotopic (exact) mass is 334 g/mol. The number of hydrogen-bond donors (Lipinski definition) is 1. The fourth-order valence-electron chi connectivity index (χ4n) is 1.96. The SMILES string of the molecule is CCCCc1ccc(Oc2ccc(CO)cc2Br)cc1. The van der Waals surface area contributed by atoms with Gasteiger partial charge in [0.2, 0.25) is 0 Å². The molecule has 0 saturated heterocycles. The fraction of sp³-hybridized carbons (Fsp3) is 0.294. The summed E-state index contributed by atoms with van der Waals surface area (Å²) >= 11 is 3.46. The zero-order chi connectivity index (χ0) is 14.4. The number of benzene rings is 2. The van der Waals surface area contributed by atoms with Crippen molar-refractivity contribution in [2.75, 3.05) is 0 Å². The highest BCUT2D eigenvalue weighted by molar-refractivity contribution is 9.10. The minimum Gasteiger partial charge on any atom is -0.456 e. The summed E-state index contributed by atoms with van der Waals surface area (Å²) in [5.41, 5.74) is 2.20. The maximum atomic E-state index is 9.08. The molecule has 2 nitrogen and oxygen atoms in total. The highest BCUT2D eigenvalue weighted by Crippen LogP contribution is 2.30. The number of unbranched alkanes of at least 4 members (excludes halogenated alkanes) is 1. The first-order valence-electron chi connectivity index (χ1n) is 6.89. The van der Waals surface area contributed by atoms with E-state index in [4.69, 9.17) is 9.84 Å². The van der Waals surface area contributed by atoms with Gasteiger partial charge in [0.25, 0.3) is 0 Å². The van der Waals surface area contributed by atoms with Gasteiger partial charge < -0.3 is 9.84 Å². The van der Waals surface area contributed by atoms with Gasteiger partial charge in [0, 0.05) is 0 Å². The van der Waals surface area contributed by atoms with Crippen molar-refractivity contribution in [1.82, 2.24) is 0 Å². The third kappa shape index (κ3) is 4.09. The molecule has 2 aromatic carbocycles. The topological polar surface area (TPSA) is 29.5 Å². The largest absolute Gasteiger partial charge is 0.456 e. The van der Waals surface area contributed by atoms with Crippen molar-refractivity contribution in [1.29, 1.82) is 0 Å². The van der Waals surface area contributed by atoms with Gasteiger partial charge in [-0.25, -0.2) is 0 Å². The molecule has 2 aromatic rings. The Kier molecular flexibility index (Phi) is 5.62. The van der Waals surface area contributed by atoms with Crippen LogP contribution >= 0.6 is 15.9 Å². The maximum Gasteiger partial charge on any atom is 0.141 e. The summed E-state index contributed by atoms with van der Waals surface area (Å²) in [4.78, 5) is 0. The van der Waals surface area contributed by atoms with Crippen LogP contribution in [0, 0.1) is 0 Å². The van der Waals surface area contributed by atoms with Crippen LogP contribution in [0.1, 0.15) is 30.9 Å². The summed E-state index contributed by atoms with van der Waals surface area (Å²) < 4.78 is 6.69. The smallest absolute Gasteiger partial charge is 0.141 e. The van der Waals surface area contributed by atoms with Crippen molar-refractivity contribution in [2.45, 2.75) is 32.8 Å². The number of rotatable bonds is 6. The van der Waals surface area contributed by atoms with Crippen molar-refractivity contribution in [3.8, 4) is 11.5 Å². The fourth-order valence-corrected chi connectivity index (χ4v) is 2.46. The van der Waals surface area contributed by atoms with Crippen molar-refractivity contribution in [3.63, 3.8) is 0 Å². The van der Waals surface area contributed by atoms with E-state index < -0.39 is 0 Å². The molecule has 106 valence electrons. The lowest BCUT2D eigenvalue weighted by atomic mass is 10.1.